The van der Waals surface area contributed by atoms with Gasteiger partial charge in [-0.15, -0.1) is 0 Å². The van der Waals surface area contributed by atoms with E-state index in [0.29, 0.717) is 36.8 Å². The molecule has 0 saturated heterocycles. The summed E-state index contributed by atoms with van der Waals surface area (Å²) in [6.07, 6.45) is 1.33. The predicted molar refractivity (Wildman–Crippen MR) is 123 cm³/mol. The van der Waals surface area contributed by atoms with Gasteiger partial charge >= 0.3 is 0 Å². The largest absolute Gasteiger partial charge is 0.374 e. The van der Waals surface area contributed by atoms with Crippen LogP contribution in [0.15, 0.2) is 47.5 Å². The van der Waals surface area contributed by atoms with Crippen LogP contribution in [0.3, 0.4) is 0 Å². The molecule has 2 N–H and O–H groups in total. The van der Waals surface area contributed by atoms with Crippen molar-refractivity contribution in [2.24, 2.45) is 4.99 Å². The number of nitrogens with zero attached hydrogens (tertiary/aromatic N) is 1. The van der Waals surface area contributed by atoms with E-state index in [1.165, 1.54) is 24.5 Å². The Kier molecular flexibility index (Phi) is 9.45. The maximum absolute atomic E-state index is 13.7. The van der Waals surface area contributed by atoms with Crippen LogP contribution in [0.2, 0.25) is 0 Å². The fraction of sp³-hybridized carbons (Fsp3) is 0.435. The molecular formula is C23H32FN3O3S. The average Bonchev–Trinajstić information content (AvgIpc) is 2.69. The lowest BCUT2D eigenvalue weighted by atomic mass is 10.1. The van der Waals surface area contributed by atoms with E-state index in [9.17, 15) is 12.8 Å². The summed E-state index contributed by atoms with van der Waals surface area (Å²) in [5.41, 5.74) is 3.30. The molecule has 6 nitrogen and oxygen atoms in total. The van der Waals surface area contributed by atoms with E-state index in [2.05, 4.69) is 21.7 Å². The molecule has 0 saturated carbocycles. The first-order valence-corrected chi connectivity index (χ1v) is 12.4. The van der Waals surface area contributed by atoms with E-state index >= 15 is 0 Å². The quantitative estimate of drug-likeness (QED) is 0.428. The molecule has 0 aliphatic rings. The molecule has 2 rings (SSSR count). The van der Waals surface area contributed by atoms with Crippen molar-refractivity contribution < 1.29 is 17.5 Å². The summed E-state index contributed by atoms with van der Waals surface area (Å²) >= 11 is 0. The fourth-order valence-electron chi connectivity index (χ4n) is 2.95. The molecule has 0 atom stereocenters. The van der Waals surface area contributed by atoms with Gasteiger partial charge in [0, 0.05) is 19.3 Å². The minimum absolute atomic E-state index is 0.136. The minimum atomic E-state index is -3.23. The number of ether oxygens (including phenoxy) is 1. The molecule has 2 aromatic carbocycles. The van der Waals surface area contributed by atoms with Crippen molar-refractivity contribution in [1.82, 2.24) is 10.6 Å². The van der Waals surface area contributed by atoms with Crippen LogP contribution in [-0.2, 0) is 40.0 Å². The zero-order valence-electron chi connectivity index (χ0n) is 18.6. The Balaban J connectivity index is 2.09. The molecule has 0 radical (unpaired) electrons. The van der Waals surface area contributed by atoms with Crippen LogP contribution in [0.25, 0.3) is 0 Å². The van der Waals surface area contributed by atoms with Crippen LogP contribution in [-0.4, -0.2) is 33.3 Å². The van der Waals surface area contributed by atoms with Crippen molar-refractivity contribution in [3.05, 3.63) is 70.5 Å². The molecule has 31 heavy (non-hydrogen) atoms. The maximum atomic E-state index is 13.7. The van der Waals surface area contributed by atoms with E-state index in [4.69, 9.17) is 4.74 Å². The highest BCUT2D eigenvalue weighted by Crippen LogP contribution is 2.14. The average molecular weight is 450 g/mol. The van der Waals surface area contributed by atoms with Crippen LogP contribution in [0.4, 0.5) is 4.39 Å². The topological polar surface area (TPSA) is 79.8 Å². The zero-order valence-corrected chi connectivity index (χ0v) is 19.4. The summed E-state index contributed by atoms with van der Waals surface area (Å²) in [4.78, 5) is 4.60. The van der Waals surface area contributed by atoms with Gasteiger partial charge in [0.2, 0.25) is 0 Å². The van der Waals surface area contributed by atoms with E-state index < -0.39 is 15.7 Å². The Morgan fingerprint density at radius 2 is 1.84 bits per heavy atom. The first-order valence-electron chi connectivity index (χ1n) is 10.3. The predicted octanol–water partition coefficient (Wildman–Crippen LogP) is 3.55. The molecule has 2 aromatic rings. The molecular weight excluding hydrogens is 417 g/mol. The number of hydrogen-bond donors (Lipinski definition) is 2. The summed E-state index contributed by atoms with van der Waals surface area (Å²) in [6, 6.07) is 12.2. The van der Waals surface area contributed by atoms with Crippen molar-refractivity contribution in [2.75, 3.05) is 12.8 Å². The lowest BCUT2D eigenvalue weighted by molar-refractivity contribution is 0.0657. The van der Waals surface area contributed by atoms with E-state index in [1.54, 1.807) is 0 Å². The van der Waals surface area contributed by atoms with Gasteiger partial charge in [-0.25, -0.2) is 17.8 Å². The first-order chi connectivity index (χ1) is 14.7. The number of hydrogen-bond acceptors (Lipinski definition) is 4. The van der Waals surface area contributed by atoms with E-state index in [1.807, 2.05) is 39.0 Å². The van der Waals surface area contributed by atoms with Gasteiger partial charge in [-0.05, 0) is 55.2 Å². The molecule has 0 unspecified atom stereocenters. The maximum Gasteiger partial charge on any atom is 0.191 e. The summed E-state index contributed by atoms with van der Waals surface area (Å²) < 4.78 is 42.8. The molecule has 0 aliphatic heterocycles. The number of guanidine groups is 1. The van der Waals surface area contributed by atoms with Gasteiger partial charge in [0.05, 0.1) is 25.0 Å². The van der Waals surface area contributed by atoms with Gasteiger partial charge in [-0.2, -0.15) is 0 Å². The Labute approximate surface area is 184 Å². The van der Waals surface area contributed by atoms with Crippen molar-refractivity contribution in [3.63, 3.8) is 0 Å². The number of sulfone groups is 1. The van der Waals surface area contributed by atoms with Gasteiger partial charge in [0.15, 0.2) is 15.8 Å². The Morgan fingerprint density at radius 1 is 1.10 bits per heavy atom. The van der Waals surface area contributed by atoms with Crippen molar-refractivity contribution in [3.8, 4) is 0 Å². The molecule has 0 amide bonds. The summed E-state index contributed by atoms with van der Waals surface area (Å²) in [5.74, 6) is 0.0285. The molecule has 8 heteroatoms. The number of halogens is 1. The first kappa shape index (κ1) is 24.8. The second-order valence-electron chi connectivity index (χ2n) is 7.71. The molecule has 0 bridgehead atoms. The van der Waals surface area contributed by atoms with E-state index in [-0.39, 0.29) is 18.4 Å². The van der Waals surface area contributed by atoms with Crippen LogP contribution in [0, 0.1) is 5.82 Å². The van der Waals surface area contributed by atoms with Crippen molar-refractivity contribution in [2.45, 2.75) is 52.3 Å². The molecule has 170 valence electrons. The standard InChI is InChI=1S/C23H32FN3O3S/c1-5-25-23(26-13-18-7-6-8-19(11-18)15-30-17(2)3)27-14-21-12-22(24)10-9-20(21)16-31(4,28)29/h6-12,17H,5,13-16H2,1-4H3,(H2,25,26,27). The number of benzene rings is 2. The molecule has 0 aromatic heterocycles. The minimum Gasteiger partial charge on any atom is -0.374 e. The van der Waals surface area contributed by atoms with Gasteiger partial charge in [0.1, 0.15) is 5.82 Å². The Morgan fingerprint density at radius 3 is 2.52 bits per heavy atom. The van der Waals surface area contributed by atoms with Crippen molar-refractivity contribution in [1.29, 1.82) is 0 Å². The van der Waals surface area contributed by atoms with Gasteiger partial charge < -0.3 is 15.4 Å². The van der Waals surface area contributed by atoms with Gasteiger partial charge in [-0.3, -0.25) is 0 Å². The van der Waals surface area contributed by atoms with Gasteiger partial charge in [0.25, 0.3) is 0 Å². The van der Waals surface area contributed by atoms with Crippen LogP contribution in [0.5, 0.6) is 0 Å². The highest BCUT2D eigenvalue weighted by Gasteiger charge is 2.11. The molecule has 0 spiro atoms. The lowest BCUT2D eigenvalue weighted by Gasteiger charge is -2.14. The fourth-order valence-corrected chi connectivity index (χ4v) is 3.80. The summed E-state index contributed by atoms with van der Waals surface area (Å²) in [6.45, 7) is 7.90. The highest BCUT2D eigenvalue weighted by molar-refractivity contribution is 7.89. The number of aliphatic imine (C=N–C) groups is 1. The Bertz CT molecular complexity index is 991. The second-order valence-corrected chi connectivity index (χ2v) is 9.85. The smallest absolute Gasteiger partial charge is 0.191 e. The monoisotopic (exact) mass is 449 g/mol. The zero-order chi connectivity index (χ0) is 22.9. The second kappa shape index (κ2) is 11.8. The Hall–Kier alpha value is -2.45. The SMILES string of the molecule is CCNC(=NCc1cccc(COC(C)C)c1)NCc1cc(F)ccc1CS(C)(=O)=O. The highest BCUT2D eigenvalue weighted by atomic mass is 32.2. The normalized spacial score (nSPS) is 12.3. The van der Waals surface area contributed by atoms with Crippen LogP contribution in [0.1, 0.15) is 43.0 Å². The van der Waals surface area contributed by atoms with Crippen molar-refractivity contribution >= 4 is 15.8 Å². The lowest BCUT2D eigenvalue weighted by Crippen LogP contribution is -2.37. The summed E-state index contributed by atoms with van der Waals surface area (Å²) in [7, 11) is -3.23. The number of nitrogens with one attached hydrogen (secondary N) is 2. The third kappa shape index (κ3) is 9.48. The summed E-state index contributed by atoms with van der Waals surface area (Å²) in [5, 5.41) is 6.33. The van der Waals surface area contributed by atoms with Crippen LogP contribution >= 0.6 is 0 Å². The van der Waals surface area contributed by atoms with Crippen LogP contribution < -0.4 is 10.6 Å². The van der Waals surface area contributed by atoms with E-state index in [0.717, 1.165) is 11.1 Å². The third-order valence-electron chi connectivity index (χ3n) is 4.37. The van der Waals surface area contributed by atoms with Gasteiger partial charge in [-0.1, -0.05) is 30.3 Å². The third-order valence-corrected chi connectivity index (χ3v) is 5.21. The molecule has 0 heterocycles. The number of rotatable bonds is 10. The molecule has 0 fully saturated rings. The molecule has 0 aliphatic carbocycles.